The molecule has 0 aliphatic rings. The van der Waals surface area contributed by atoms with E-state index in [0.717, 1.165) is 78.0 Å². The van der Waals surface area contributed by atoms with Crippen LogP contribution in [0.15, 0.2) is 176 Å². The van der Waals surface area contributed by atoms with Gasteiger partial charge in [0.2, 0.25) is 0 Å². The summed E-state index contributed by atoms with van der Waals surface area (Å²) >= 11 is 0. The van der Waals surface area contributed by atoms with Crippen molar-refractivity contribution >= 4 is 11.0 Å². The number of hydrogen-bond donors (Lipinski definition) is 1. The molecular weight excluding hydrogens is 731 g/mol. The average Bonchev–Trinajstić information content (AvgIpc) is 3.68. The molecule has 0 saturated carbocycles. The Labute approximate surface area is 359 Å². The van der Waals surface area contributed by atoms with Crippen molar-refractivity contribution in [3.8, 4) is 78.6 Å². The largest absolute Gasteiger partial charge is 0.507 e. The monoisotopic (exact) mass is 783 g/mol. The summed E-state index contributed by atoms with van der Waals surface area (Å²) in [4.78, 5) is 10.3. The number of nitrogens with zero attached hydrogens (tertiary/aromatic N) is 3. The number of pyridine rings is 1. The van der Waals surface area contributed by atoms with Gasteiger partial charge in [-0.25, -0.2) is 4.98 Å². The number of imidazole rings is 1. The number of fused-ring (bicyclic) bond motifs is 1. The molecule has 0 unspecified atom stereocenters. The number of aromatic nitrogens is 3. The van der Waals surface area contributed by atoms with Crippen LogP contribution in [0.5, 0.6) is 5.75 Å². The molecule has 7 aromatic carbocycles. The summed E-state index contributed by atoms with van der Waals surface area (Å²) in [6.07, 6.45) is 1.79. The summed E-state index contributed by atoms with van der Waals surface area (Å²) in [6, 6.07) is 56.2. The van der Waals surface area contributed by atoms with Crippen molar-refractivity contribution in [1.29, 1.82) is 0 Å². The molecule has 0 bridgehead atoms. The van der Waals surface area contributed by atoms with Crippen LogP contribution in [0.25, 0.3) is 83.9 Å². The normalized spacial score (nSPS) is 13.1. The van der Waals surface area contributed by atoms with Crippen LogP contribution in [0, 0.1) is 6.85 Å². The number of phenols is 1. The van der Waals surface area contributed by atoms with E-state index in [1.165, 1.54) is 5.56 Å². The van der Waals surface area contributed by atoms with Crippen LogP contribution in [-0.4, -0.2) is 19.6 Å². The van der Waals surface area contributed by atoms with E-state index in [2.05, 4.69) is 110 Å². The summed E-state index contributed by atoms with van der Waals surface area (Å²) in [5.41, 5.74) is 14.8. The molecule has 60 heavy (non-hydrogen) atoms. The summed E-state index contributed by atoms with van der Waals surface area (Å²) in [5.74, 6) is -0.138. The van der Waals surface area contributed by atoms with Gasteiger partial charge in [0, 0.05) is 28.4 Å². The van der Waals surface area contributed by atoms with Crippen LogP contribution in [-0.2, 0) is 5.41 Å². The summed E-state index contributed by atoms with van der Waals surface area (Å²) in [6.45, 7) is 8.26. The third kappa shape index (κ3) is 7.42. The maximum Gasteiger partial charge on any atom is 0.149 e. The molecule has 4 nitrogen and oxygen atoms in total. The molecule has 0 aliphatic heterocycles. The molecule has 2 aromatic heterocycles. The predicted octanol–water partition coefficient (Wildman–Crippen LogP) is 14.9. The highest BCUT2D eigenvalue weighted by Crippen LogP contribution is 2.42. The molecule has 9 rings (SSSR count). The maximum absolute atomic E-state index is 11.5. The lowest BCUT2D eigenvalue weighted by Gasteiger charge is -2.21. The van der Waals surface area contributed by atoms with Crippen molar-refractivity contribution < 1.29 is 10.6 Å². The molecular formula is C56H49N3O. The third-order valence-electron chi connectivity index (χ3n) is 11.3. The number of benzene rings is 7. The fourth-order valence-corrected chi connectivity index (χ4v) is 8.00. The van der Waals surface area contributed by atoms with Gasteiger partial charge in [-0.15, -0.1) is 0 Å². The molecule has 0 radical (unpaired) electrons. The Balaban J connectivity index is 1.27. The maximum atomic E-state index is 11.5. The van der Waals surface area contributed by atoms with Gasteiger partial charge in [0.05, 0.1) is 28.0 Å². The highest BCUT2D eigenvalue weighted by molar-refractivity contribution is 5.98. The molecule has 0 amide bonds. The molecule has 0 aliphatic carbocycles. The van der Waals surface area contributed by atoms with E-state index in [4.69, 9.17) is 15.5 Å². The van der Waals surface area contributed by atoms with Gasteiger partial charge in [-0.05, 0) is 123 Å². The molecule has 4 heteroatoms. The van der Waals surface area contributed by atoms with Crippen molar-refractivity contribution in [1.82, 2.24) is 14.5 Å². The number of aromatic hydroxyl groups is 1. The quantitative estimate of drug-likeness (QED) is 0.167. The topological polar surface area (TPSA) is 50.9 Å². The van der Waals surface area contributed by atoms with Crippen LogP contribution in [0.4, 0.5) is 0 Å². The number of para-hydroxylation sites is 2. The Hall–Kier alpha value is -7.04. The van der Waals surface area contributed by atoms with Crippen molar-refractivity contribution in [3.05, 3.63) is 193 Å². The van der Waals surface area contributed by atoms with E-state index in [0.29, 0.717) is 17.0 Å². The smallest absolute Gasteiger partial charge is 0.149 e. The molecule has 1 N–H and O–H groups in total. The number of rotatable bonds is 8. The van der Waals surface area contributed by atoms with Crippen molar-refractivity contribution in [2.24, 2.45) is 0 Å². The number of aryl methyl sites for hydroxylation is 1. The van der Waals surface area contributed by atoms with Gasteiger partial charge in [-0.3, -0.25) is 9.55 Å². The Morgan fingerprint density at radius 2 is 1.27 bits per heavy atom. The first kappa shape index (κ1) is 33.9. The second-order valence-corrected chi connectivity index (χ2v) is 16.7. The van der Waals surface area contributed by atoms with Crippen LogP contribution >= 0.6 is 0 Å². The van der Waals surface area contributed by atoms with E-state index in [9.17, 15) is 5.11 Å². The standard InChI is InChI=1S/C56H49N3O/c1-36(2)41-25-28-51(49(34-41)40-23-26-46(27-24-40)56(4,5)6)59-52-17-12-16-47(54(52)58-55(59)48-15-10-11-18-53(48)60)44-31-43(38-13-8-7-9-14-38)32-45(33-44)50-35-42(29-30-57-50)39-21-19-37(3)20-22-39/h7-36,60H,1-6H3/i3D3,36D. The number of phenolic OH excluding ortho intramolecular Hbond substituents is 1. The zero-order valence-electron chi connectivity index (χ0n) is 38.5. The molecule has 294 valence electrons. The lowest BCUT2D eigenvalue weighted by molar-refractivity contribution is 0.477. The second kappa shape index (κ2) is 15.6. The predicted molar refractivity (Wildman–Crippen MR) is 251 cm³/mol. The fourth-order valence-electron chi connectivity index (χ4n) is 8.00. The minimum absolute atomic E-state index is 0.0207. The van der Waals surface area contributed by atoms with Gasteiger partial charge >= 0.3 is 0 Å². The lowest BCUT2D eigenvalue weighted by Crippen LogP contribution is -2.10. The average molecular weight is 784 g/mol. The van der Waals surface area contributed by atoms with Gasteiger partial charge in [-0.2, -0.15) is 0 Å². The van der Waals surface area contributed by atoms with E-state index >= 15 is 0 Å². The molecule has 2 heterocycles. The van der Waals surface area contributed by atoms with E-state index in [1.54, 1.807) is 24.4 Å². The highest BCUT2D eigenvalue weighted by atomic mass is 16.3. The Bertz CT molecular complexity index is 3160. The zero-order valence-corrected chi connectivity index (χ0v) is 34.5. The molecule has 0 spiro atoms. The number of hydrogen-bond acceptors (Lipinski definition) is 3. The lowest BCUT2D eigenvalue weighted by atomic mass is 9.86. The Kier molecular flexibility index (Phi) is 8.82. The van der Waals surface area contributed by atoms with Gasteiger partial charge in [0.1, 0.15) is 11.6 Å². The van der Waals surface area contributed by atoms with Crippen LogP contribution in [0.1, 0.15) is 62.7 Å². The fraction of sp³-hybridized carbons (Fsp3) is 0.143. The summed E-state index contributed by atoms with van der Waals surface area (Å²) in [7, 11) is 0. The second-order valence-electron chi connectivity index (χ2n) is 16.7. The van der Waals surface area contributed by atoms with E-state index in [1.807, 2.05) is 80.6 Å². The third-order valence-corrected chi connectivity index (χ3v) is 11.3. The first-order valence-corrected chi connectivity index (χ1v) is 20.4. The SMILES string of the molecule is [2H]C([2H])([2H])c1ccc(-c2ccnc(-c3cc(-c4ccccc4)cc(-c4cccc5c4nc(-c4ccccc4O)n5-c4ccc(C([2H])(C)C)cc4-c4ccc(C(C)(C)C)cc4)c3)c2)cc1. The van der Waals surface area contributed by atoms with E-state index in [-0.39, 0.29) is 11.2 Å². The van der Waals surface area contributed by atoms with Crippen LogP contribution < -0.4 is 0 Å². The molecule has 0 saturated heterocycles. The minimum Gasteiger partial charge on any atom is -0.507 e. The van der Waals surface area contributed by atoms with Crippen LogP contribution in [0.3, 0.4) is 0 Å². The Morgan fingerprint density at radius 3 is 2.00 bits per heavy atom. The summed E-state index contributed by atoms with van der Waals surface area (Å²) in [5, 5.41) is 11.5. The highest BCUT2D eigenvalue weighted by Gasteiger charge is 2.23. The molecule has 0 atom stereocenters. The van der Waals surface area contributed by atoms with Crippen molar-refractivity contribution in [3.63, 3.8) is 0 Å². The first-order valence-electron chi connectivity index (χ1n) is 22.4. The van der Waals surface area contributed by atoms with Crippen LogP contribution in [0.2, 0.25) is 0 Å². The van der Waals surface area contributed by atoms with Crippen molar-refractivity contribution in [2.75, 3.05) is 0 Å². The minimum atomic E-state index is -2.18. The first-order chi connectivity index (χ1) is 30.5. The van der Waals surface area contributed by atoms with Gasteiger partial charge in [-0.1, -0.05) is 149 Å². The Morgan fingerprint density at radius 1 is 0.583 bits per heavy atom. The molecule has 9 aromatic rings. The molecule has 0 fully saturated rings. The van der Waals surface area contributed by atoms with Crippen molar-refractivity contribution in [2.45, 2.75) is 52.8 Å². The van der Waals surface area contributed by atoms with Gasteiger partial charge < -0.3 is 5.11 Å². The zero-order chi connectivity index (χ0) is 45.0. The summed E-state index contributed by atoms with van der Waals surface area (Å²) < 4.78 is 34.7. The van der Waals surface area contributed by atoms with Gasteiger partial charge in [0.15, 0.2) is 0 Å². The van der Waals surface area contributed by atoms with E-state index < -0.39 is 12.7 Å². The van der Waals surface area contributed by atoms with Gasteiger partial charge in [0.25, 0.3) is 0 Å².